The van der Waals surface area contributed by atoms with E-state index in [1.807, 2.05) is 13.0 Å². The van der Waals surface area contributed by atoms with Crippen molar-refractivity contribution in [3.8, 4) is 0 Å². The minimum Gasteiger partial charge on any atom is -0.329 e. The Hall–Kier alpha value is -0.570. The summed E-state index contributed by atoms with van der Waals surface area (Å²) < 4.78 is 0. The van der Waals surface area contributed by atoms with Gasteiger partial charge in [-0.25, -0.2) is 0 Å². The highest BCUT2D eigenvalue weighted by molar-refractivity contribution is 6.31. The maximum absolute atomic E-state index is 6.16. The molecule has 94 valence electrons. The number of hydrogen-bond acceptors (Lipinski definition) is 2. The lowest BCUT2D eigenvalue weighted by Gasteiger charge is -2.22. The van der Waals surface area contributed by atoms with E-state index in [4.69, 9.17) is 17.3 Å². The first-order chi connectivity index (χ1) is 8.20. The molecule has 0 radical (unpaired) electrons. The van der Waals surface area contributed by atoms with Crippen LogP contribution in [0.25, 0.3) is 0 Å². The summed E-state index contributed by atoms with van der Waals surface area (Å²) in [5.41, 5.74) is 8.19. The summed E-state index contributed by atoms with van der Waals surface area (Å²) in [5.74, 6) is 0. The zero-order chi connectivity index (χ0) is 12.3. The lowest BCUT2D eigenvalue weighted by atomic mass is 10.0. The smallest absolute Gasteiger partial charge is 0.0447 e. The first-order valence-corrected chi connectivity index (χ1v) is 6.80. The number of rotatable bonds is 4. The van der Waals surface area contributed by atoms with Crippen molar-refractivity contribution in [1.29, 1.82) is 0 Å². The molecule has 0 spiro atoms. The molecular weight excluding hydrogens is 232 g/mol. The van der Waals surface area contributed by atoms with E-state index in [1.165, 1.54) is 31.2 Å². The van der Waals surface area contributed by atoms with Crippen molar-refractivity contribution in [1.82, 2.24) is 5.32 Å². The van der Waals surface area contributed by atoms with Crippen molar-refractivity contribution in [2.24, 2.45) is 5.73 Å². The van der Waals surface area contributed by atoms with Gasteiger partial charge in [-0.05, 0) is 37.0 Å². The average Bonchev–Trinajstić information content (AvgIpc) is 2.82. The molecule has 1 aliphatic carbocycles. The Labute approximate surface area is 109 Å². The van der Waals surface area contributed by atoms with Crippen LogP contribution >= 0.6 is 11.6 Å². The van der Waals surface area contributed by atoms with Gasteiger partial charge in [-0.3, -0.25) is 0 Å². The van der Waals surface area contributed by atoms with E-state index in [1.54, 1.807) is 0 Å². The number of hydrogen-bond donors (Lipinski definition) is 2. The van der Waals surface area contributed by atoms with Gasteiger partial charge in [0.05, 0.1) is 0 Å². The van der Waals surface area contributed by atoms with E-state index >= 15 is 0 Å². The van der Waals surface area contributed by atoms with E-state index in [-0.39, 0.29) is 6.04 Å². The molecule has 17 heavy (non-hydrogen) atoms. The summed E-state index contributed by atoms with van der Waals surface area (Å²) in [6.07, 6.45) is 5.22. The van der Waals surface area contributed by atoms with Crippen molar-refractivity contribution >= 4 is 11.6 Å². The summed E-state index contributed by atoms with van der Waals surface area (Å²) in [5, 5.41) is 4.47. The molecule has 1 unspecified atom stereocenters. The quantitative estimate of drug-likeness (QED) is 0.864. The fourth-order valence-corrected chi connectivity index (χ4v) is 2.69. The minimum atomic E-state index is 0.233. The molecular formula is C14H21ClN2. The minimum absolute atomic E-state index is 0.233. The highest BCUT2D eigenvalue weighted by Crippen LogP contribution is 2.24. The fourth-order valence-electron chi connectivity index (χ4n) is 2.50. The third-order valence-electron chi connectivity index (χ3n) is 3.63. The number of halogens is 1. The number of benzene rings is 1. The molecule has 0 bridgehead atoms. The van der Waals surface area contributed by atoms with Gasteiger partial charge in [0.15, 0.2) is 0 Å². The van der Waals surface area contributed by atoms with E-state index < -0.39 is 0 Å². The summed E-state index contributed by atoms with van der Waals surface area (Å²) in [4.78, 5) is 0. The Balaban J connectivity index is 2.08. The van der Waals surface area contributed by atoms with E-state index in [2.05, 4.69) is 17.4 Å². The molecule has 1 atom stereocenters. The second kappa shape index (κ2) is 5.85. The summed E-state index contributed by atoms with van der Waals surface area (Å²) in [6.45, 7) is 2.64. The molecule has 0 aliphatic heterocycles. The topological polar surface area (TPSA) is 38.0 Å². The maximum Gasteiger partial charge on any atom is 0.0447 e. The lowest BCUT2D eigenvalue weighted by molar-refractivity contribution is 0.444. The van der Waals surface area contributed by atoms with Gasteiger partial charge in [0.2, 0.25) is 0 Å². The SMILES string of the molecule is Cc1ccc(C(CN)NC2CCCC2)cc1Cl. The Morgan fingerprint density at radius 3 is 2.71 bits per heavy atom. The Morgan fingerprint density at radius 1 is 1.41 bits per heavy atom. The molecule has 1 saturated carbocycles. The van der Waals surface area contributed by atoms with Crippen molar-refractivity contribution in [3.05, 3.63) is 34.3 Å². The highest BCUT2D eigenvalue weighted by Gasteiger charge is 2.19. The third kappa shape index (κ3) is 3.21. The predicted octanol–water partition coefficient (Wildman–Crippen LogP) is 3.18. The maximum atomic E-state index is 6.16. The van der Waals surface area contributed by atoms with Crippen LogP contribution in [0.1, 0.15) is 42.9 Å². The van der Waals surface area contributed by atoms with Crippen molar-refractivity contribution in [2.45, 2.75) is 44.7 Å². The molecule has 3 N–H and O–H groups in total. The molecule has 0 heterocycles. The Morgan fingerprint density at radius 2 is 2.12 bits per heavy atom. The van der Waals surface area contributed by atoms with Crippen LogP contribution in [0.3, 0.4) is 0 Å². The van der Waals surface area contributed by atoms with Gasteiger partial charge in [-0.15, -0.1) is 0 Å². The van der Waals surface area contributed by atoms with Crippen LogP contribution in [-0.4, -0.2) is 12.6 Å². The molecule has 1 aromatic carbocycles. The van der Waals surface area contributed by atoms with Crippen LogP contribution < -0.4 is 11.1 Å². The van der Waals surface area contributed by atoms with E-state index in [0.717, 1.165) is 10.6 Å². The molecule has 0 amide bonds. The molecule has 1 aromatic rings. The van der Waals surface area contributed by atoms with Gasteiger partial charge in [0.1, 0.15) is 0 Å². The Kier molecular flexibility index (Phi) is 4.43. The Bertz CT molecular complexity index is 372. The fraction of sp³-hybridized carbons (Fsp3) is 0.571. The number of nitrogens with one attached hydrogen (secondary N) is 1. The molecule has 0 saturated heterocycles. The van der Waals surface area contributed by atoms with Crippen LogP contribution in [0.5, 0.6) is 0 Å². The van der Waals surface area contributed by atoms with Crippen LogP contribution in [-0.2, 0) is 0 Å². The number of aryl methyl sites for hydroxylation is 1. The zero-order valence-corrected chi connectivity index (χ0v) is 11.1. The van der Waals surface area contributed by atoms with Crippen LogP contribution in [0, 0.1) is 6.92 Å². The normalized spacial score (nSPS) is 18.5. The van der Waals surface area contributed by atoms with Gasteiger partial charge in [0.25, 0.3) is 0 Å². The van der Waals surface area contributed by atoms with Gasteiger partial charge >= 0.3 is 0 Å². The molecule has 0 aromatic heterocycles. The molecule has 1 aliphatic rings. The van der Waals surface area contributed by atoms with Crippen LogP contribution in [0.2, 0.25) is 5.02 Å². The summed E-state index contributed by atoms with van der Waals surface area (Å²) in [6, 6.07) is 7.09. The molecule has 3 heteroatoms. The molecule has 2 rings (SSSR count). The third-order valence-corrected chi connectivity index (χ3v) is 4.03. The first-order valence-electron chi connectivity index (χ1n) is 6.43. The molecule has 2 nitrogen and oxygen atoms in total. The summed E-state index contributed by atoms with van der Waals surface area (Å²) >= 11 is 6.16. The van der Waals surface area contributed by atoms with Gasteiger partial charge < -0.3 is 11.1 Å². The monoisotopic (exact) mass is 252 g/mol. The number of nitrogens with two attached hydrogens (primary N) is 1. The average molecular weight is 253 g/mol. The van der Waals surface area contributed by atoms with Crippen LogP contribution in [0.4, 0.5) is 0 Å². The summed E-state index contributed by atoms with van der Waals surface area (Å²) in [7, 11) is 0. The van der Waals surface area contributed by atoms with Crippen molar-refractivity contribution in [3.63, 3.8) is 0 Å². The van der Waals surface area contributed by atoms with Gasteiger partial charge in [-0.2, -0.15) is 0 Å². The van der Waals surface area contributed by atoms with Crippen molar-refractivity contribution < 1.29 is 0 Å². The van der Waals surface area contributed by atoms with Gasteiger partial charge in [-0.1, -0.05) is 36.6 Å². The van der Waals surface area contributed by atoms with Gasteiger partial charge in [0, 0.05) is 23.7 Å². The van der Waals surface area contributed by atoms with Crippen molar-refractivity contribution in [2.75, 3.05) is 6.54 Å². The second-order valence-electron chi connectivity index (χ2n) is 4.94. The highest BCUT2D eigenvalue weighted by atomic mass is 35.5. The lowest BCUT2D eigenvalue weighted by Crippen LogP contribution is -2.35. The molecule has 1 fully saturated rings. The first kappa shape index (κ1) is 12.9. The van der Waals surface area contributed by atoms with E-state index in [9.17, 15) is 0 Å². The van der Waals surface area contributed by atoms with Crippen LogP contribution in [0.15, 0.2) is 18.2 Å². The second-order valence-corrected chi connectivity index (χ2v) is 5.35. The largest absolute Gasteiger partial charge is 0.329 e. The zero-order valence-electron chi connectivity index (χ0n) is 10.4. The predicted molar refractivity (Wildman–Crippen MR) is 73.4 cm³/mol. The van der Waals surface area contributed by atoms with E-state index in [0.29, 0.717) is 12.6 Å². The standard InChI is InChI=1S/C14H21ClN2/c1-10-6-7-11(8-13(10)15)14(9-16)17-12-4-2-3-5-12/h6-8,12,14,17H,2-5,9,16H2,1H3.